The van der Waals surface area contributed by atoms with Gasteiger partial charge in [-0.1, -0.05) is 11.3 Å². The third-order valence-corrected chi connectivity index (χ3v) is 3.66. The van der Waals surface area contributed by atoms with E-state index in [1.807, 2.05) is 0 Å². The van der Waals surface area contributed by atoms with Gasteiger partial charge in [0.05, 0.1) is 5.56 Å². The second-order valence-electron chi connectivity index (χ2n) is 3.97. The van der Waals surface area contributed by atoms with Gasteiger partial charge in [0.1, 0.15) is 5.01 Å². The molecule has 0 aliphatic heterocycles. The highest BCUT2D eigenvalue weighted by atomic mass is 35.5. The van der Waals surface area contributed by atoms with Gasteiger partial charge in [-0.3, -0.25) is 10.1 Å². The van der Waals surface area contributed by atoms with Crippen molar-refractivity contribution < 1.29 is 18.0 Å². The fourth-order valence-electron chi connectivity index (χ4n) is 1.49. The number of nitrogens with one attached hydrogen (secondary N) is 1. The maximum absolute atomic E-state index is 13.5. The van der Waals surface area contributed by atoms with Gasteiger partial charge in [0.25, 0.3) is 5.91 Å². The van der Waals surface area contributed by atoms with Gasteiger partial charge in [-0.25, -0.2) is 13.2 Å². The van der Waals surface area contributed by atoms with Crippen LogP contribution in [0.1, 0.15) is 21.8 Å². The van der Waals surface area contributed by atoms with E-state index < -0.39 is 28.9 Å². The van der Waals surface area contributed by atoms with Gasteiger partial charge >= 0.3 is 0 Å². The van der Waals surface area contributed by atoms with Crippen LogP contribution in [0.4, 0.5) is 18.3 Å². The zero-order valence-electron chi connectivity index (χ0n) is 10.5. The van der Waals surface area contributed by atoms with E-state index >= 15 is 0 Å². The highest BCUT2D eigenvalue weighted by Crippen LogP contribution is 2.20. The summed E-state index contributed by atoms with van der Waals surface area (Å²) in [5, 5.41) is 10.6. The first-order valence-corrected chi connectivity index (χ1v) is 7.21. The summed E-state index contributed by atoms with van der Waals surface area (Å²) in [6.07, 6.45) is 1.32. The van der Waals surface area contributed by atoms with Crippen LogP contribution in [0.15, 0.2) is 12.1 Å². The van der Waals surface area contributed by atoms with Gasteiger partial charge in [-0.05, 0) is 18.6 Å². The number of hydrogen-bond donors (Lipinski definition) is 1. The molecule has 1 heterocycles. The molecule has 112 valence electrons. The number of aromatic nitrogens is 2. The molecule has 2 aromatic rings. The lowest BCUT2D eigenvalue weighted by Gasteiger charge is -2.03. The van der Waals surface area contributed by atoms with E-state index in [0.29, 0.717) is 29.8 Å². The number of anilines is 1. The quantitative estimate of drug-likeness (QED) is 0.673. The topological polar surface area (TPSA) is 54.9 Å². The Hall–Kier alpha value is -1.67. The Morgan fingerprint density at radius 1 is 1.24 bits per heavy atom. The van der Waals surface area contributed by atoms with Gasteiger partial charge in [-0.15, -0.1) is 21.8 Å². The van der Waals surface area contributed by atoms with E-state index in [-0.39, 0.29) is 5.13 Å². The van der Waals surface area contributed by atoms with Gasteiger partial charge in [0, 0.05) is 12.3 Å². The summed E-state index contributed by atoms with van der Waals surface area (Å²) in [5.41, 5.74) is -0.605. The molecule has 1 amide bonds. The Balaban J connectivity index is 2.11. The third-order valence-electron chi connectivity index (χ3n) is 2.49. The normalized spacial score (nSPS) is 10.7. The van der Waals surface area contributed by atoms with E-state index in [0.717, 1.165) is 17.4 Å². The predicted octanol–water partition coefficient (Wildman–Crippen LogP) is 3.38. The molecule has 1 aromatic heterocycles. The number of alkyl halides is 1. The van der Waals surface area contributed by atoms with Crippen LogP contribution < -0.4 is 5.32 Å². The number of nitrogens with zero attached hydrogens (tertiary/aromatic N) is 2. The van der Waals surface area contributed by atoms with Crippen molar-refractivity contribution in [2.75, 3.05) is 11.2 Å². The van der Waals surface area contributed by atoms with Gasteiger partial charge in [0.15, 0.2) is 17.5 Å². The lowest BCUT2D eigenvalue weighted by Crippen LogP contribution is -2.15. The summed E-state index contributed by atoms with van der Waals surface area (Å²) >= 11 is 6.65. The molecule has 2 rings (SSSR count). The predicted molar refractivity (Wildman–Crippen MR) is 73.2 cm³/mol. The average molecular weight is 336 g/mol. The van der Waals surface area contributed by atoms with Gasteiger partial charge in [-0.2, -0.15) is 0 Å². The molecule has 0 spiro atoms. The van der Waals surface area contributed by atoms with Gasteiger partial charge in [0.2, 0.25) is 5.13 Å². The van der Waals surface area contributed by atoms with Crippen molar-refractivity contribution in [1.29, 1.82) is 0 Å². The Morgan fingerprint density at radius 2 is 2.00 bits per heavy atom. The standard InChI is InChI=1S/C12H9ClF3N3OS/c13-5-1-2-8-18-19-12(21-8)17-11(20)6-3-4-7(14)10(16)9(6)15/h3-4H,1-2,5H2,(H,17,19,20). The lowest BCUT2D eigenvalue weighted by atomic mass is 10.2. The number of aryl methyl sites for hydroxylation is 1. The van der Waals surface area contributed by atoms with Crippen LogP contribution in [0.2, 0.25) is 0 Å². The molecule has 9 heteroatoms. The highest BCUT2D eigenvalue weighted by molar-refractivity contribution is 7.15. The molecule has 1 aromatic carbocycles. The average Bonchev–Trinajstić information content (AvgIpc) is 2.90. The maximum Gasteiger partial charge on any atom is 0.260 e. The highest BCUT2D eigenvalue weighted by Gasteiger charge is 2.19. The molecule has 0 saturated carbocycles. The zero-order valence-corrected chi connectivity index (χ0v) is 12.1. The summed E-state index contributed by atoms with van der Waals surface area (Å²) in [7, 11) is 0. The number of rotatable bonds is 5. The minimum Gasteiger partial charge on any atom is -0.296 e. The van der Waals surface area contributed by atoms with Crippen LogP contribution in [0.3, 0.4) is 0 Å². The molecule has 4 nitrogen and oxygen atoms in total. The second-order valence-corrected chi connectivity index (χ2v) is 5.41. The lowest BCUT2D eigenvalue weighted by molar-refractivity contribution is 0.102. The number of carbonyl (C=O) groups excluding carboxylic acids is 1. The number of hydrogen-bond acceptors (Lipinski definition) is 4. The van der Waals surface area contributed by atoms with Crippen molar-refractivity contribution in [3.63, 3.8) is 0 Å². The molecule has 0 aliphatic rings. The number of amides is 1. The second kappa shape index (κ2) is 6.86. The van der Waals surface area contributed by atoms with E-state index in [2.05, 4.69) is 15.5 Å². The maximum atomic E-state index is 13.5. The zero-order chi connectivity index (χ0) is 15.4. The first-order chi connectivity index (χ1) is 10.0. The molecule has 21 heavy (non-hydrogen) atoms. The van der Waals surface area contributed by atoms with Crippen LogP contribution in [0.5, 0.6) is 0 Å². The molecule has 1 N–H and O–H groups in total. The molecule has 0 aliphatic carbocycles. The monoisotopic (exact) mass is 335 g/mol. The van der Waals surface area contributed by atoms with Crippen molar-refractivity contribution in [1.82, 2.24) is 10.2 Å². The summed E-state index contributed by atoms with van der Waals surface area (Å²) in [4.78, 5) is 11.8. The van der Waals surface area contributed by atoms with E-state index in [1.54, 1.807) is 0 Å². The van der Waals surface area contributed by atoms with Gasteiger partial charge < -0.3 is 0 Å². The molecular formula is C12H9ClF3N3OS. The molecule has 0 saturated heterocycles. The Labute approximate surface area is 127 Å². The minimum atomic E-state index is -1.69. The smallest absolute Gasteiger partial charge is 0.260 e. The van der Waals surface area contributed by atoms with Crippen LogP contribution in [-0.4, -0.2) is 22.0 Å². The third kappa shape index (κ3) is 3.70. The van der Waals surface area contributed by atoms with Crippen molar-refractivity contribution in [2.45, 2.75) is 12.8 Å². The minimum absolute atomic E-state index is 0.147. The number of carbonyl (C=O) groups is 1. The summed E-state index contributed by atoms with van der Waals surface area (Å²) in [6.45, 7) is 0. The summed E-state index contributed by atoms with van der Waals surface area (Å²) in [5.74, 6) is -5.04. The van der Waals surface area contributed by atoms with E-state index in [9.17, 15) is 18.0 Å². The molecule has 0 fully saturated rings. The molecular weight excluding hydrogens is 327 g/mol. The first kappa shape index (κ1) is 15.7. The Bertz CT molecular complexity index is 665. The fourth-order valence-corrected chi connectivity index (χ4v) is 2.40. The van der Waals surface area contributed by atoms with Crippen molar-refractivity contribution >= 4 is 34.0 Å². The van der Waals surface area contributed by atoms with Crippen LogP contribution >= 0.6 is 22.9 Å². The van der Waals surface area contributed by atoms with E-state index in [4.69, 9.17) is 11.6 Å². The van der Waals surface area contributed by atoms with Crippen LogP contribution in [0.25, 0.3) is 0 Å². The Morgan fingerprint density at radius 3 is 2.71 bits per heavy atom. The van der Waals surface area contributed by atoms with Crippen molar-refractivity contribution in [2.24, 2.45) is 0 Å². The van der Waals surface area contributed by atoms with Crippen molar-refractivity contribution in [3.8, 4) is 0 Å². The number of halogens is 4. The van der Waals surface area contributed by atoms with Crippen LogP contribution in [-0.2, 0) is 6.42 Å². The molecule has 0 atom stereocenters. The molecule has 0 radical (unpaired) electrons. The SMILES string of the molecule is O=C(Nc1nnc(CCCCl)s1)c1ccc(F)c(F)c1F. The van der Waals surface area contributed by atoms with Crippen LogP contribution in [0, 0.1) is 17.5 Å². The van der Waals surface area contributed by atoms with Crippen molar-refractivity contribution in [3.05, 3.63) is 40.2 Å². The summed E-state index contributed by atoms with van der Waals surface area (Å²) in [6, 6.07) is 1.54. The largest absolute Gasteiger partial charge is 0.296 e. The number of benzene rings is 1. The fraction of sp³-hybridized carbons (Fsp3) is 0.250. The molecule has 0 unspecified atom stereocenters. The molecule has 0 bridgehead atoms. The van der Waals surface area contributed by atoms with E-state index in [1.165, 1.54) is 0 Å². The Kier molecular flexibility index (Phi) is 5.13. The first-order valence-electron chi connectivity index (χ1n) is 5.86. The summed E-state index contributed by atoms with van der Waals surface area (Å²) < 4.78 is 39.3.